The van der Waals surface area contributed by atoms with Crippen molar-refractivity contribution in [2.45, 2.75) is 20.4 Å². The summed E-state index contributed by atoms with van der Waals surface area (Å²) in [5, 5.41) is 10.5. The van der Waals surface area contributed by atoms with E-state index in [1.54, 1.807) is 4.40 Å². The highest BCUT2D eigenvalue weighted by Crippen LogP contribution is 2.11. The lowest BCUT2D eigenvalue weighted by Crippen LogP contribution is -2.25. The lowest BCUT2D eigenvalue weighted by molar-refractivity contribution is 0.0945. The minimum Gasteiger partial charge on any atom is -0.345 e. The molecule has 1 amide bonds. The molecule has 118 valence electrons. The molecule has 23 heavy (non-hydrogen) atoms. The molecule has 3 rings (SSSR count). The van der Waals surface area contributed by atoms with E-state index < -0.39 is 17.5 Å². The summed E-state index contributed by atoms with van der Waals surface area (Å²) in [6.07, 6.45) is 0. The molecule has 1 aromatic carbocycles. The number of amides is 1. The van der Waals surface area contributed by atoms with Crippen LogP contribution in [0.15, 0.2) is 24.3 Å². The van der Waals surface area contributed by atoms with Gasteiger partial charge in [-0.2, -0.15) is 0 Å². The average Bonchev–Trinajstić information content (AvgIpc) is 2.88. The van der Waals surface area contributed by atoms with Gasteiger partial charge in [-0.3, -0.25) is 9.20 Å². The zero-order valence-corrected chi connectivity index (χ0v) is 12.5. The number of aryl methyl sites for hydroxylation is 2. The van der Waals surface area contributed by atoms with Gasteiger partial charge in [0, 0.05) is 17.5 Å². The zero-order valence-electron chi connectivity index (χ0n) is 12.5. The molecule has 0 fully saturated rings. The topological polar surface area (TPSA) is 72.2 Å². The first-order valence-electron chi connectivity index (χ1n) is 6.87. The number of halogens is 2. The number of benzene rings is 1. The standard InChI is InChI=1S/C15H13F2N5O/c1-8-5-9(2)22-13(20-21-15(22)19-8)7-18-14(23)11-4-3-10(16)6-12(11)17/h3-6H,7H2,1-2H3,(H,18,23). The maximum absolute atomic E-state index is 13.6. The van der Waals surface area contributed by atoms with Gasteiger partial charge in [-0.15, -0.1) is 10.2 Å². The molecule has 2 heterocycles. The van der Waals surface area contributed by atoms with Crippen LogP contribution in [0.1, 0.15) is 27.6 Å². The Morgan fingerprint density at radius 1 is 1.22 bits per heavy atom. The number of fused-ring (bicyclic) bond motifs is 1. The lowest BCUT2D eigenvalue weighted by atomic mass is 10.2. The normalized spacial score (nSPS) is 11.0. The summed E-state index contributed by atoms with van der Waals surface area (Å²) in [6, 6.07) is 4.65. The second kappa shape index (κ2) is 5.71. The molecule has 3 aromatic rings. The Kier molecular flexibility index (Phi) is 3.73. The highest BCUT2D eigenvalue weighted by Gasteiger charge is 2.15. The predicted octanol–water partition coefficient (Wildman–Crippen LogP) is 1.95. The van der Waals surface area contributed by atoms with Crippen molar-refractivity contribution in [1.29, 1.82) is 0 Å². The van der Waals surface area contributed by atoms with Crippen molar-refractivity contribution in [2.75, 3.05) is 0 Å². The number of carbonyl (C=O) groups is 1. The quantitative estimate of drug-likeness (QED) is 0.801. The van der Waals surface area contributed by atoms with Gasteiger partial charge in [-0.25, -0.2) is 13.8 Å². The highest BCUT2D eigenvalue weighted by molar-refractivity contribution is 5.94. The first kappa shape index (κ1) is 15.0. The molecule has 0 saturated heterocycles. The molecular weight excluding hydrogens is 304 g/mol. The molecule has 0 unspecified atom stereocenters. The van der Waals surface area contributed by atoms with E-state index in [0.29, 0.717) is 17.7 Å². The number of aromatic nitrogens is 4. The Bertz CT molecular complexity index is 906. The number of rotatable bonds is 3. The summed E-state index contributed by atoms with van der Waals surface area (Å²) < 4.78 is 28.2. The Labute approximate surface area is 130 Å². The second-order valence-electron chi connectivity index (χ2n) is 5.10. The summed E-state index contributed by atoms with van der Waals surface area (Å²) in [5.41, 5.74) is 1.45. The molecule has 0 aliphatic carbocycles. The monoisotopic (exact) mass is 317 g/mol. The molecule has 0 aliphatic rings. The average molecular weight is 317 g/mol. The maximum atomic E-state index is 13.6. The van der Waals surface area contributed by atoms with Crippen molar-refractivity contribution in [3.8, 4) is 0 Å². The van der Waals surface area contributed by atoms with E-state index in [1.807, 2.05) is 19.9 Å². The van der Waals surface area contributed by atoms with Crippen molar-refractivity contribution in [3.05, 3.63) is 58.7 Å². The fourth-order valence-corrected chi connectivity index (χ4v) is 2.34. The van der Waals surface area contributed by atoms with Crippen molar-refractivity contribution in [3.63, 3.8) is 0 Å². The van der Waals surface area contributed by atoms with Crippen molar-refractivity contribution >= 4 is 11.7 Å². The first-order chi connectivity index (χ1) is 11.0. The summed E-state index contributed by atoms with van der Waals surface area (Å²) in [5.74, 6) is -1.40. The van der Waals surface area contributed by atoms with Crippen LogP contribution < -0.4 is 5.32 Å². The van der Waals surface area contributed by atoms with Crippen LogP contribution in [0.2, 0.25) is 0 Å². The Morgan fingerprint density at radius 2 is 2.00 bits per heavy atom. The molecule has 1 N–H and O–H groups in total. The first-order valence-corrected chi connectivity index (χ1v) is 6.87. The van der Waals surface area contributed by atoms with Crippen LogP contribution in [-0.2, 0) is 6.54 Å². The number of nitrogens with zero attached hydrogens (tertiary/aromatic N) is 4. The fourth-order valence-electron chi connectivity index (χ4n) is 2.34. The van der Waals surface area contributed by atoms with E-state index >= 15 is 0 Å². The third kappa shape index (κ3) is 2.87. The number of hydrogen-bond donors (Lipinski definition) is 1. The van der Waals surface area contributed by atoms with Gasteiger partial charge in [-0.05, 0) is 32.0 Å². The smallest absolute Gasteiger partial charge is 0.255 e. The fraction of sp³-hybridized carbons (Fsp3) is 0.200. The van der Waals surface area contributed by atoms with Gasteiger partial charge in [-0.1, -0.05) is 0 Å². The molecule has 8 heteroatoms. The summed E-state index contributed by atoms with van der Waals surface area (Å²) in [7, 11) is 0. The van der Waals surface area contributed by atoms with Crippen molar-refractivity contribution < 1.29 is 13.6 Å². The van der Waals surface area contributed by atoms with Crippen molar-refractivity contribution in [1.82, 2.24) is 24.9 Å². The molecule has 0 bridgehead atoms. The minimum atomic E-state index is -0.915. The van der Waals surface area contributed by atoms with E-state index in [9.17, 15) is 13.6 Å². The van der Waals surface area contributed by atoms with Crippen LogP contribution in [0.5, 0.6) is 0 Å². The van der Waals surface area contributed by atoms with Crippen LogP contribution in [0.25, 0.3) is 5.78 Å². The number of carbonyl (C=O) groups excluding carboxylic acids is 1. The lowest BCUT2D eigenvalue weighted by Gasteiger charge is -2.07. The molecule has 0 saturated carbocycles. The Balaban J connectivity index is 1.82. The third-order valence-corrected chi connectivity index (χ3v) is 3.34. The van der Waals surface area contributed by atoms with E-state index in [2.05, 4.69) is 20.5 Å². The number of nitrogens with one attached hydrogen (secondary N) is 1. The van der Waals surface area contributed by atoms with E-state index in [4.69, 9.17) is 0 Å². The zero-order chi connectivity index (χ0) is 16.6. The van der Waals surface area contributed by atoms with E-state index in [0.717, 1.165) is 23.5 Å². The second-order valence-corrected chi connectivity index (χ2v) is 5.10. The van der Waals surface area contributed by atoms with Crippen LogP contribution in [0.4, 0.5) is 8.78 Å². The van der Waals surface area contributed by atoms with Gasteiger partial charge in [0.25, 0.3) is 11.7 Å². The summed E-state index contributed by atoms with van der Waals surface area (Å²) >= 11 is 0. The maximum Gasteiger partial charge on any atom is 0.255 e. The van der Waals surface area contributed by atoms with Gasteiger partial charge in [0.2, 0.25) is 0 Å². The SMILES string of the molecule is Cc1cc(C)n2c(CNC(=O)c3ccc(F)cc3F)nnc2n1. The van der Waals surface area contributed by atoms with Gasteiger partial charge in [0.05, 0.1) is 12.1 Å². The molecule has 6 nitrogen and oxygen atoms in total. The van der Waals surface area contributed by atoms with Crippen LogP contribution >= 0.6 is 0 Å². The third-order valence-electron chi connectivity index (χ3n) is 3.34. The van der Waals surface area contributed by atoms with Crippen LogP contribution in [0.3, 0.4) is 0 Å². The molecule has 0 atom stereocenters. The van der Waals surface area contributed by atoms with E-state index in [1.165, 1.54) is 0 Å². The highest BCUT2D eigenvalue weighted by atomic mass is 19.1. The summed E-state index contributed by atoms with van der Waals surface area (Å²) in [4.78, 5) is 16.2. The van der Waals surface area contributed by atoms with E-state index in [-0.39, 0.29) is 12.1 Å². The summed E-state index contributed by atoms with van der Waals surface area (Å²) in [6.45, 7) is 3.76. The van der Waals surface area contributed by atoms with Gasteiger partial charge < -0.3 is 5.32 Å². The minimum absolute atomic E-state index is 0.0440. The van der Waals surface area contributed by atoms with Crippen LogP contribution in [0, 0.1) is 25.5 Å². The largest absolute Gasteiger partial charge is 0.345 e. The van der Waals surface area contributed by atoms with Gasteiger partial charge >= 0.3 is 0 Å². The van der Waals surface area contributed by atoms with Gasteiger partial charge in [0.15, 0.2) is 5.82 Å². The van der Waals surface area contributed by atoms with Crippen LogP contribution in [-0.4, -0.2) is 25.5 Å². The molecule has 0 aliphatic heterocycles. The van der Waals surface area contributed by atoms with Crippen molar-refractivity contribution in [2.24, 2.45) is 0 Å². The molecule has 0 spiro atoms. The Morgan fingerprint density at radius 3 is 2.74 bits per heavy atom. The predicted molar refractivity (Wildman–Crippen MR) is 77.8 cm³/mol. The molecule has 2 aromatic heterocycles. The Hall–Kier alpha value is -2.90. The number of hydrogen-bond acceptors (Lipinski definition) is 4. The molecular formula is C15H13F2N5O. The molecule has 0 radical (unpaired) electrons. The van der Waals surface area contributed by atoms with Gasteiger partial charge in [0.1, 0.15) is 11.6 Å².